The van der Waals surface area contributed by atoms with E-state index in [1.807, 2.05) is 0 Å². The highest BCUT2D eigenvalue weighted by Gasteiger charge is 2.10. The van der Waals surface area contributed by atoms with E-state index in [1.165, 1.54) is 25.4 Å². The highest BCUT2D eigenvalue weighted by molar-refractivity contribution is 5.94. The number of esters is 2. The molecule has 0 spiro atoms. The van der Waals surface area contributed by atoms with E-state index in [9.17, 15) is 14.4 Å². The molecule has 0 aromatic carbocycles. The van der Waals surface area contributed by atoms with Gasteiger partial charge in [-0.3, -0.25) is 9.59 Å². The molecule has 7 nitrogen and oxygen atoms in total. The molecule has 1 N–H and O–H groups in total. The summed E-state index contributed by atoms with van der Waals surface area (Å²) in [6.07, 6.45) is 1.36. The van der Waals surface area contributed by atoms with Crippen LogP contribution in [0, 0.1) is 0 Å². The Morgan fingerprint density at radius 1 is 1.30 bits per heavy atom. The molecule has 20 heavy (non-hydrogen) atoms. The van der Waals surface area contributed by atoms with Crippen LogP contribution in [0.25, 0.3) is 0 Å². The molecule has 0 aliphatic heterocycles. The zero-order valence-electron chi connectivity index (χ0n) is 11.3. The lowest BCUT2D eigenvalue weighted by Gasteiger charge is -2.06. The maximum atomic E-state index is 11.6. The minimum Gasteiger partial charge on any atom is -0.469 e. The average Bonchev–Trinajstić information content (AvgIpc) is 2.45. The average molecular weight is 280 g/mol. The topological polar surface area (TPSA) is 94.6 Å². The predicted octanol–water partition coefficient (Wildman–Crippen LogP) is 1.15. The highest BCUT2D eigenvalue weighted by Crippen LogP contribution is 2.09. The van der Waals surface area contributed by atoms with Crippen molar-refractivity contribution in [2.75, 3.05) is 19.0 Å². The highest BCUT2D eigenvalue weighted by atomic mass is 16.5. The van der Waals surface area contributed by atoms with Crippen LogP contribution in [0.5, 0.6) is 0 Å². The Balaban J connectivity index is 2.59. The Morgan fingerprint density at radius 2 is 2.05 bits per heavy atom. The zero-order chi connectivity index (χ0) is 15.0. The maximum absolute atomic E-state index is 11.6. The molecule has 7 heteroatoms. The van der Waals surface area contributed by atoms with Crippen molar-refractivity contribution in [1.29, 1.82) is 0 Å². The van der Waals surface area contributed by atoms with E-state index in [-0.39, 0.29) is 31.2 Å². The van der Waals surface area contributed by atoms with Gasteiger partial charge in [-0.25, -0.2) is 9.78 Å². The van der Waals surface area contributed by atoms with E-state index >= 15 is 0 Å². The second-order valence-corrected chi connectivity index (χ2v) is 3.77. The molecule has 0 aliphatic carbocycles. The molecule has 1 aromatic heterocycles. The third-order valence-corrected chi connectivity index (χ3v) is 2.32. The molecule has 1 rings (SSSR count). The van der Waals surface area contributed by atoms with Crippen LogP contribution in [0.2, 0.25) is 0 Å². The van der Waals surface area contributed by atoms with Crippen molar-refractivity contribution < 1.29 is 23.9 Å². The molecular formula is C13H16N2O5. The van der Waals surface area contributed by atoms with Gasteiger partial charge in [-0.05, 0) is 19.1 Å². The summed E-state index contributed by atoms with van der Waals surface area (Å²) in [5, 5.41) is 2.49. The van der Waals surface area contributed by atoms with Crippen LogP contribution in [0.3, 0.4) is 0 Å². The van der Waals surface area contributed by atoms with Crippen LogP contribution >= 0.6 is 0 Å². The summed E-state index contributed by atoms with van der Waals surface area (Å²) in [7, 11) is 1.25. The van der Waals surface area contributed by atoms with E-state index in [2.05, 4.69) is 15.0 Å². The van der Waals surface area contributed by atoms with Crippen molar-refractivity contribution in [1.82, 2.24) is 4.98 Å². The summed E-state index contributed by atoms with van der Waals surface area (Å²) in [4.78, 5) is 37.9. The molecule has 1 aromatic rings. The molecule has 108 valence electrons. The smallest absolute Gasteiger partial charge is 0.338 e. The van der Waals surface area contributed by atoms with Gasteiger partial charge >= 0.3 is 11.9 Å². The van der Waals surface area contributed by atoms with Gasteiger partial charge < -0.3 is 14.8 Å². The van der Waals surface area contributed by atoms with Gasteiger partial charge in [-0.1, -0.05) is 0 Å². The van der Waals surface area contributed by atoms with E-state index in [0.29, 0.717) is 5.56 Å². The summed E-state index contributed by atoms with van der Waals surface area (Å²) in [5.41, 5.74) is 0.296. The van der Waals surface area contributed by atoms with Crippen molar-refractivity contribution >= 4 is 23.7 Å². The van der Waals surface area contributed by atoms with Crippen molar-refractivity contribution in [2.45, 2.75) is 19.8 Å². The first-order valence-electron chi connectivity index (χ1n) is 6.06. The van der Waals surface area contributed by atoms with Gasteiger partial charge in [-0.2, -0.15) is 0 Å². The van der Waals surface area contributed by atoms with E-state index in [0.717, 1.165) is 0 Å². The lowest BCUT2D eigenvalue weighted by Crippen LogP contribution is -2.15. The maximum Gasteiger partial charge on any atom is 0.338 e. The van der Waals surface area contributed by atoms with Crippen molar-refractivity contribution in [3.63, 3.8) is 0 Å². The molecule has 0 unspecified atom stereocenters. The number of carbonyl (C=O) groups is 3. The number of hydrogen-bond acceptors (Lipinski definition) is 6. The standard InChI is InChI=1S/C13H16N2O5/c1-3-20-13(18)9-6-7-14-10(8-9)15-11(16)4-5-12(17)19-2/h6-8H,3-5H2,1-2H3,(H,14,15,16). The van der Waals surface area contributed by atoms with Crippen LogP contribution in [0.4, 0.5) is 5.82 Å². The van der Waals surface area contributed by atoms with Crippen molar-refractivity contribution in [3.05, 3.63) is 23.9 Å². The summed E-state index contributed by atoms with van der Waals surface area (Å²) >= 11 is 0. The number of hydrogen-bond donors (Lipinski definition) is 1. The van der Waals surface area contributed by atoms with Gasteiger partial charge in [0.2, 0.25) is 5.91 Å². The first-order chi connectivity index (χ1) is 9.56. The first-order valence-corrected chi connectivity index (χ1v) is 6.06. The summed E-state index contributed by atoms with van der Waals surface area (Å²) in [6, 6.07) is 2.90. The number of nitrogens with one attached hydrogen (secondary N) is 1. The van der Waals surface area contributed by atoms with Gasteiger partial charge in [-0.15, -0.1) is 0 Å². The third-order valence-electron chi connectivity index (χ3n) is 2.32. The predicted molar refractivity (Wildman–Crippen MR) is 70.1 cm³/mol. The molecule has 1 heterocycles. The van der Waals surface area contributed by atoms with Crippen LogP contribution < -0.4 is 5.32 Å². The molecule has 0 bridgehead atoms. The number of rotatable bonds is 6. The Kier molecular flexibility index (Phi) is 6.15. The third kappa shape index (κ3) is 5.05. The monoisotopic (exact) mass is 280 g/mol. The summed E-state index contributed by atoms with van der Waals surface area (Å²) in [6.45, 7) is 1.97. The summed E-state index contributed by atoms with van der Waals surface area (Å²) < 4.78 is 9.27. The lowest BCUT2D eigenvalue weighted by molar-refractivity contribution is -0.141. The number of anilines is 1. The van der Waals surface area contributed by atoms with Crippen LogP contribution in [0.1, 0.15) is 30.1 Å². The Labute approximate surface area is 116 Å². The molecule has 0 saturated heterocycles. The largest absolute Gasteiger partial charge is 0.469 e. The SMILES string of the molecule is CCOC(=O)c1ccnc(NC(=O)CCC(=O)OC)c1. The molecule has 0 fully saturated rings. The fourth-order valence-corrected chi connectivity index (χ4v) is 1.36. The van der Waals surface area contributed by atoms with Gasteiger partial charge in [0.05, 0.1) is 25.7 Å². The number of ether oxygens (including phenoxy) is 2. The Morgan fingerprint density at radius 3 is 2.70 bits per heavy atom. The normalized spacial score (nSPS) is 9.70. The first kappa shape index (κ1) is 15.6. The van der Waals surface area contributed by atoms with Gasteiger partial charge in [0, 0.05) is 12.6 Å². The van der Waals surface area contributed by atoms with Crippen LogP contribution in [0.15, 0.2) is 18.3 Å². The molecule has 1 amide bonds. The number of methoxy groups -OCH3 is 1. The number of aromatic nitrogens is 1. The molecular weight excluding hydrogens is 264 g/mol. The second-order valence-electron chi connectivity index (χ2n) is 3.77. The van der Waals surface area contributed by atoms with Crippen molar-refractivity contribution in [2.24, 2.45) is 0 Å². The van der Waals surface area contributed by atoms with E-state index < -0.39 is 11.9 Å². The fraction of sp³-hybridized carbons (Fsp3) is 0.385. The molecule has 0 saturated carbocycles. The number of carbonyl (C=O) groups excluding carboxylic acids is 3. The van der Waals surface area contributed by atoms with Crippen LogP contribution in [-0.2, 0) is 19.1 Å². The quantitative estimate of drug-likeness (QED) is 0.785. The van der Waals surface area contributed by atoms with Gasteiger partial charge in [0.15, 0.2) is 0 Å². The van der Waals surface area contributed by atoms with E-state index in [4.69, 9.17) is 4.74 Å². The van der Waals surface area contributed by atoms with Crippen molar-refractivity contribution in [3.8, 4) is 0 Å². The number of nitrogens with zero attached hydrogens (tertiary/aromatic N) is 1. The Bertz CT molecular complexity index is 501. The fourth-order valence-electron chi connectivity index (χ4n) is 1.36. The van der Waals surface area contributed by atoms with Crippen LogP contribution in [-0.4, -0.2) is 36.5 Å². The number of pyridine rings is 1. The molecule has 0 atom stereocenters. The van der Waals surface area contributed by atoms with E-state index in [1.54, 1.807) is 6.92 Å². The van der Waals surface area contributed by atoms with Gasteiger partial charge in [0.25, 0.3) is 0 Å². The van der Waals surface area contributed by atoms with Gasteiger partial charge in [0.1, 0.15) is 5.82 Å². The second kappa shape index (κ2) is 7.88. The number of amides is 1. The minimum absolute atomic E-state index is 0.0140. The minimum atomic E-state index is -0.486. The lowest BCUT2D eigenvalue weighted by atomic mass is 10.2. The molecule has 0 aliphatic rings. The molecule has 0 radical (unpaired) electrons. The zero-order valence-corrected chi connectivity index (χ0v) is 11.3. The Hall–Kier alpha value is -2.44. The summed E-state index contributed by atoms with van der Waals surface area (Å²) in [5.74, 6) is -1.11.